The summed E-state index contributed by atoms with van der Waals surface area (Å²) < 4.78 is 2.00. The van der Waals surface area contributed by atoms with Gasteiger partial charge in [0.1, 0.15) is 12.2 Å². The van der Waals surface area contributed by atoms with Gasteiger partial charge in [0.25, 0.3) is 5.91 Å². The molecule has 6 heteroatoms. The van der Waals surface area contributed by atoms with E-state index in [0.717, 1.165) is 42.8 Å². The van der Waals surface area contributed by atoms with E-state index in [0.29, 0.717) is 5.56 Å². The van der Waals surface area contributed by atoms with Crippen LogP contribution in [0, 0.1) is 6.92 Å². The molecule has 0 aliphatic carbocycles. The maximum Gasteiger partial charge on any atom is 0.254 e. The van der Waals surface area contributed by atoms with E-state index in [9.17, 15) is 4.79 Å². The number of pyridine rings is 1. The van der Waals surface area contributed by atoms with Gasteiger partial charge in [0, 0.05) is 30.2 Å². The first-order valence-electron chi connectivity index (χ1n) is 8.24. The lowest BCUT2D eigenvalue weighted by molar-refractivity contribution is 0.0598. The molecule has 0 N–H and O–H groups in total. The van der Waals surface area contributed by atoms with Gasteiger partial charge in [-0.1, -0.05) is 0 Å². The number of hydrogen-bond acceptors (Lipinski definition) is 4. The summed E-state index contributed by atoms with van der Waals surface area (Å²) in [5, 5.41) is 0. The maximum atomic E-state index is 13.0. The molecule has 0 radical (unpaired) electrons. The molecule has 0 saturated carbocycles. The summed E-state index contributed by atoms with van der Waals surface area (Å²) in [5.41, 5.74) is 2.63. The first-order valence-corrected chi connectivity index (χ1v) is 8.24. The number of aryl methyl sites for hydroxylation is 1. The van der Waals surface area contributed by atoms with Crippen LogP contribution in [-0.4, -0.2) is 36.7 Å². The minimum absolute atomic E-state index is 0.0315. The highest BCUT2D eigenvalue weighted by atomic mass is 16.2. The molecule has 1 aliphatic heterocycles. The van der Waals surface area contributed by atoms with Crippen LogP contribution in [0.2, 0.25) is 0 Å². The highest BCUT2D eigenvalue weighted by Gasteiger charge is 2.31. The summed E-state index contributed by atoms with van der Waals surface area (Å²) in [5.74, 6) is 0.934. The van der Waals surface area contributed by atoms with Crippen molar-refractivity contribution >= 4 is 11.4 Å². The minimum atomic E-state index is -0.0315. The molecular weight excluding hydrogens is 302 g/mol. The molecule has 4 heterocycles. The van der Waals surface area contributed by atoms with Crippen molar-refractivity contribution in [3.63, 3.8) is 0 Å². The number of likely N-dealkylation sites (tertiary alicyclic amines) is 1. The summed E-state index contributed by atoms with van der Waals surface area (Å²) in [6, 6.07) is 5.51. The maximum absolute atomic E-state index is 13.0. The van der Waals surface area contributed by atoms with Gasteiger partial charge in [-0.25, -0.2) is 9.97 Å². The van der Waals surface area contributed by atoms with Crippen molar-refractivity contribution in [2.45, 2.75) is 32.2 Å². The lowest BCUT2D eigenvalue weighted by atomic mass is 10.00. The summed E-state index contributed by atoms with van der Waals surface area (Å²) in [4.78, 5) is 27.9. The number of rotatable bonds is 2. The average molecular weight is 321 g/mol. The van der Waals surface area contributed by atoms with Crippen LogP contribution in [0.5, 0.6) is 0 Å². The number of imidazole rings is 1. The lowest BCUT2D eigenvalue weighted by Gasteiger charge is -2.35. The fraction of sp³-hybridized carbons (Fsp3) is 0.333. The van der Waals surface area contributed by atoms with E-state index in [1.54, 1.807) is 30.9 Å². The quantitative estimate of drug-likeness (QED) is 0.728. The fourth-order valence-electron chi connectivity index (χ4n) is 3.42. The van der Waals surface area contributed by atoms with Gasteiger partial charge >= 0.3 is 0 Å². The highest BCUT2D eigenvalue weighted by molar-refractivity contribution is 5.94. The van der Waals surface area contributed by atoms with Gasteiger partial charge in [-0.3, -0.25) is 14.2 Å². The van der Waals surface area contributed by atoms with E-state index in [-0.39, 0.29) is 11.9 Å². The first kappa shape index (κ1) is 14.8. The molecule has 1 atom stereocenters. The number of fused-ring (bicyclic) bond motifs is 1. The number of aromatic nitrogens is 4. The van der Waals surface area contributed by atoms with Crippen LogP contribution in [-0.2, 0) is 0 Å². The Labute approximate surface area is 140 Å². The topological polar surface area (TPSA) is 63.4 Å². The number of piperidine rings is 1. The van der Waals surface area contributed by atoms with Crippen molar-refractivity contribution in [1.29, 1.82) is 0 Å². The molecular formula is C18H19N5O. The number of hydrogen-bond donors (Lipinski definition) is 0. The predicted octanol–water partition coefficient (Wildman–Crippen LogP) is 2.80. The first-order chi connectivity index (χ1) is 11.7. The standard InChI is InChI=1S/C18H19N5O/c1-13-10-15-11-20-12-23(15)17(21-13)16-4-2-3-9-22(16)18(24)14-5-7-19-8-6-14/h5-8,10-12,16H,2-4,9H2,1H3/t16-/m0/s1. The van der Waals surface area contributed by atoms with Crippen LogP contribution in [0.15, 0.2) is 43.1 Å². The Bertz CT molecular complexity index is 874. The molecule has 1 amide bonds. The Morgan fingerprint density at radius 1 is 1.21 bits per heavy atom. The van der Waals surface area contributed by atoms with E-state index in [1.165, 1.54) is 0 Å². The SMILES string of the molecule is Cc1cc2cncn2c([C@@H]2CCCCN2C(=O)c2ccncc2)n1. The third-order valence-corrected chi connectivity index (χ3v) is 4.55. The zero-order valence-electron chi connectivity index (χ0n) is 13.6. The Morgan fingerprint density at radius 3 is 2.88 bits per heavy atom. The van der Waals surface area contributed by atoms with E-state index < -0.39 is 0 Å². The number of carbonyl (C=O) groups is 1. The van der Waals surface area contributed by atoms with Crippen molar-refractivity contribution in [2.24, 2.45) is 0 Å². The van der Waals surface area contributed by atoms with Crippen LogP contribution in [0.1, 0.15) is 47.2 Å². The zero-order chi connectivity index (χ0) is 16.5. The second-order valence-corrected chi connectivity index (χ2v) is 6.19. The van der Waals surface area contributed by atoms with Gasteiger partial charge in [0.2, 0.25) is 0 Å². The molecule has 122 valence electrons. The van der Waals surface area contributed by atoms with Gasteiger partial charge in [-0.05, 0) is 44.4 Å². The van der Waals surface area contributed by atoms with Crippen molar-refractivity contribution in [3.05, 3.63) is 60.2 Å². The number of carbonyl (C=O) groups excluding carboxylic acids is 1. The van der Waals surface area contributed by atoms with E-state index >= 15 is 0 Å². The summed E-state index contributed by atoms with van der Waals surface area (Å²) in [6.07, 6.45) is 9.95. The van der Waals surface area contributed by atoms with E-state index in [1.807, 2.05) is 28.5 Å². The summed E-state index contributed by atoms with van der Waals surface area (Å²) in [6.45, 7) is 2.73. The molecule has 1 fully saturated rings. The van der Waals surface area contributed by atoms with Gasteiger partial charge < -0.3 is 4.90 Å². The molecule has 4 rings (SSSR count). The normalized spacial score (nSPS) is 18.0. The fourth-order valence-corrected chi connectivity index (χ4v) is 3.42. The molecule has 0 unspecified atom stereocenters. The third-order valence-electron chi connectivity index (χ3n) is 4.55. The molecule has 1 saturated heterocycles. The molecule has 6 nitrogen and oxygen atoms in total. The predicted molar refractivity (Wildman–Crippen MR) is 89.6 cm³/mol. The lowest BCUT2D eigenvalue weighted by Crippen LogP contribution is -2.39. The Balaban J connectivity index is 1.77. The highest BCUT2D eigenvalue weighted by Crippen LogP contribution is 2.31. The minimum Gasteiger partial charge on any atom is -0.328 e. The summed E-state index contributed by atoms with van der Waals surface area (Å²) in [7, 11) is 0. The van der Waals surface area contributed by atoms with Crippen molar-refractivity contribution < 1.29 is 4.79 Å². The van der Waals surface area contributed by atoms with E-state index in [2.05, 4.69) is 9.97 Å². The van der Waals surface area contributed by atoms with Gasteiger partial charge in [0.05, 0.1) is 17.8 Å². The van der Waals surface area contributed by atoms with Crippen molar-refractivity contribution in [3.8, 4) is 0 Å². The molecule has 0 aromatic carbocycles. The van der Waals surface area contributed by atoms with E-state index in [4.69, 9.17) is 4.98 Å². The zero-order valence-corrected chi connectivity index (χ0v) is 13.6. The van der Waals surface area contributed by atoms with Crippen LogP contribution in [0.25, 0.3) is 5.52 Å². The van der Waals surface area contributed by atoms with Crippen molar-refractivity contribution in [1.82, 2.24) is 24.3 Å². The smallest absolute Gasteiger partial charge is 0.254 e. The monoisotopic (exact) mass is 321 g/mol. The average Bonchev–Trinajstić information content (AvgIpc) is 3.09. The second-order valence-electron chi connectivity index (χ2n) is 6.19. The summed E-state index contributed by atoms with van der Waals surface area (Å²) >= 11 is 0. The van der Waals surface area contributed by atoms with Gasteiger partial charge in [-0.2, -0.15) is 0 Å². The van der Waals surface area contributed by atoms with Crippen molar-refractivity contribution in [2.75, 3.05) is 6.54 Å². The Morgan fingerprint density at radius 2 is 2.04 bits per heavy atom. The molecule has 3 aromatic heterocycles. The molecule has 0 spiro atoms. The molecule has 3 aromatic rings. The molecule has 1 aliphatic rings. The van der Waals surface area contributed by atoms with Crippen LogP contribution >= 0.6 is 0 Å². The number of amides is 1. The largest absolute Gasteiger partial charge is 0.328 e. The van der Waals surface area contributed by atoms with Crippen LogP contribution in [0.4, 0.5) is 0 Å². The van der Waals surface area contributed by atoms with Crippen LogP contribution in [0.3, 0.4) is 0 Å². The second kappa shape index (κ2) is 6.03. The third kappa shape index (κ3) is 2.54. The van der Waals surface area contributed by atoms with Crippen LogP contribution < -0.4 is 0 Å². The Hall–Kier alpha value is -2.76. The van der Waals surface area contributed by atoms with Gasteiger partial charge in [0.15, 0.2) is 0 Å². The van der Waals surface area contributed by atoms with Gasteiger partial charge in [-0.15, -0.1) is 0 Å². The molecule has 24 heavy (non-hydrogen) atoms. The number of nitrogens with zero attached hydrogens (tertiary/aromatic N) is 5. The molecule has 0 bridgehead atoms. The Kier molecular flexibility index (Phi) is 3.72.